The van der Waals surface area contributed by atoms with Crippen LogP contribution in [0.15, 0.2) is 212 Å². The van der Waals surface area contributed by atoms with Crippen LogP contribution in [0.1, 0.15) is 22.3 Å². The summed E-state index contributed by atoms with van der Waals surface area (Å²) in [4.78, 5) is 2.53. The van der Waals surface area contributed by atoms with Crippen LogP contribution in [0.3, 0.4) is 0 Å². The van der Waals surface area contributed by atoms with Crippen molar-refractivity contribution in [1.82, 2.24) is 0 Å². The molecule has 9 aromatic carbocycles. The first-order valence-electron chi connectivity index (χ1n) is 18.8. The zero-order chi connectivity index (χ0) is 35.6. The van der Waals surface area contributed by atoms with E-state index in [0.717, 1.165) is 11.4 Å². The van der Waals surface area contributed by atoms with Crippen molar-refractivity contribution >= 4 is 27.8 Å². The van der Waals surface area contributed by atoms with Crippen LogP contribution in [0, 0.1) is 0 Å². The van der Waals surface area contributed by atoms with E-state index in [1.54, 1.807) is 0 Å². The first-order chi connectivity index (χ1) is 26.8. The second kappa shape index (κ2) is 12.0. The highest BCUT2D eigenvalue weighted by atomic mass is 15.1. The molecule has 9 aromatic rings. The molecule has 0 bridgehead atoms. The molecule has 0 aliphatic heterocycles. The van der Waals surface area contributed by atoms with E-state index in [-0.39, 0.29) is 0 Å². The number of anilines is 3. The largest absolute Gasteiger partial charge is 0.309 e. The molecule has 2 aliphatic rings. The smallest absolute Gasteiger partial charge is 0.0732 e. The van der Waals surface area contributed by atoms with Crippen molar-refractivity contribution in [2.24, 2.45) is 0 Å². The lowest BCUT2D eigenvalue weighted by molar-refractivity contribution is 0.801. The Balaban J connectivity index is 1.36. The van der Waals surface area contributed by atoms with Crippen LogP contribution < -0.4 is 4.90 Å². The molecule has 1 heteroatoms. The topological polar surface area (TPSA) is 3.24 Å². The Labute approximate surface area is 316 Å². The van der Waals surface area contributed by atoms with Gasteiger partial charge < -0.3 is 4.90 Å². The van der Waals surface area contributed by atoms with Crippen LogP contribution in [-0.4, -0.2) is 0 Å². The van der Waals surface area contributed by atoms with Crippen molar-refractivity contribution in [3.63, 3.8) is 0 Å². The van der Waals surface area contributed by atoms with Crippen molar-refractivity contribution in [3.8, 4) is 44.5 Å². The molecule has 1 spiro atoms. The van der Waals surface area contributed by atoms with Gasteiger partial charge in [-0.1, -0.05) is 188 Å². The molecule has 11 rings (SSSR count). The molecule has 0 saturated heterocycles. The van der Waals surface area contributed by atoms with Gasteiger partial charge in [0, 0.05) is 22.5 Å². The highest BCUT2D eigenvalue weighted by Crippen LogP contribution is 2.67. The lowest BCUT2D eigenvalue weighted by Crippen LogP contribution is -2.26. The predicted molar refractivity (Wildman–Crippen MR) is 226 cm³/mol. The molecule has 54 heavy (non-hydrogen) atoms. The lowest BCUT2D eigenvalue weighted by atomic mass is 9.69. The van der Waals surface area contributed by atoms with Crippen LogP contribution in [0.25, 0.3) is 55.3 Å². The maximum atomic E-state index is 2.53. The average molecular weight is 686 g/mol. The average Bonchev–Trinajstić information content (AvgIpc) is 3.73. The van der Waals surface area contributed by atoms with E-state index in [1.807, 2.05) is 0 Å². The molecule has 0 amide bonds. The van der Waals surface area contributed by atoms with E-state index >= 15 is 0 Å². The maximum absolute atomic E-state index is 2.53. The fourth-order valence-corrected chi connectivity index (χ4v) is 9.59. The van der Waals surface area contributed by atoms with Gasteiger partial charge in [0.1, 0.15) is 0 Å². The number of fused-ring (bicyclic) bond motifs is 12. The Morgan fingerprint density at radius 1 is 0.315 bits per heavy atom. The van der Waals surface area contributed by atoms with Crippen molar-refractivity contribution in [2.45, 2.75) is 5.41 Å². The molecule has 0 N–H and O–H groups in total. The van der Waals surface area contributed by atoms with Gasteiger partial charge in [-0.3, -0.25) is 0 Å². The quantitative estimate of drug-likeness (QED) is 0.174. The molecular formula is C53H35N. The number of nitrogens with zero attached hydrogens (tertiary/aromatic N) is 1. The van der Waals surface area contributed by atoms with Gasteiger partial charge in [-0.15, -0.1) is 0 Å². The van der Waals surface area contributed by atoms with E-state index in [4.69, 9.17) is 0 Å². The summed E-state index contributed by atoms with van der Waals surface area (Å²) < 4.78 is 0. The highest BCUT2D eigenvalue weighted by molar-refractivity contribution is 6.17. The lowest BCUT2D eigenvalue weighted by Gasteiger charge is -2.35. The normalized spacial score (nSPS) is 13.0. The number of rotatable bonds is 5. The van der Waals surface area contributed by atoms with Gasteiger partial charge in [0.25, 0.3) is 0 Å². The monoisotopic (exact) mass is 685 g/mol. The molecule has 0 aromatic heterocycles. The maximum Gasteiger partial charge on any atom is 0.0732 e. The van der Waals surface area contributed by atoms with Crippen molar-refractivity contribution in [1.29, 1.82) is 0 Å². The minimum absolute atomic E-state index is 0.503. The van der Waals surface area contributed by atoms with Gasteiger partial charge in [-0.05, 0) is 90.7 Å². The van der Waals surface area contributed by atoms with Gasteiger partial charge in [0.2, 0.25) is 0 Å². The van der Waals surface area contributed by atoms with Crippen LogP contribution in [0.5, 0.6) is 0 Å². The van der Waals surface area contributed by atoms with E-state index in [1.165, 1.54) is 83.2 Å². The molecule has 1 nitrogen and oxygen atoms in total. The standard InChI is InChI=1S/C53H35N/c1-4-19-36(20-5-1)38-23-18-26-40(35-38)54(39-24-8-3-9-25-39)52-49(37-21-6-2-7-22-37)43-29-10-11-30-44(43)51-50(52)45-31-14-17-34-48(45)53(51)46-32-15-12-27-41(46)42-28-13-16-33-47(42)53/h1-35H. The van der Waals surface area contributed by atoms with Gasteiger partial charge in [-0.2, -0.15) is 0 Å². The Morgan fingerprint density at radius 3 is 1.43 bits per heavy atom. The van der Waals surface area contributed by atoms with Crippen LogP contribution in [0.2, 0.25) is 0 Å². The number of para-hydroxylation sites is 1. The van der Waals surface area contributed by atoms with E-state index < -0.39 is 5.41 Å². The number of hydrogen-bond acceptors (Lipinski definition) is 1. The Kier molecular flexibility index (Phi) is 6.84. The van der Waals surface area contributed by atoms with Crippen molar-refractivity contribution in [3.05, 3.63) is 235 Å². The zero-order valence-electron chi connectivity index (χ0n) is 29.7. The Morgan fingerprint density at radius 2 is 0.778 bits per heavy atom. The minimum atomic E-state index is -0.503. The van der Waals surface area contributed by atoms with E-state index in [9.17, 15) is 0 Å². The third-order valence-electron chi connectivity index (χ3n) is 11.6. The summed E-state index contributed by atoms with van der Waals surface area (Å²) in [5.41, 5.74) is 18.3. The number of hydrogen-bond donors (Lipinski definition) is 0. The predicted octanol–water partition coefficient (Wildman–Crippen LogP) is 14.0. The van der Waals surface area contributed by atoms with Crippen molar-refractivity contribution in [2.75, 3.05) is 4.90 Å². The fourth-order valence-electron chi connectivity index (χ4n) is 9.59. The van der Waals surface area contributed by atoms with Gasteiger partial charge in [0.05, 0.1) is 11.1 Å². The highest BCUT2D eigenvalue weighted by Gasteiger charge is 2.53. The second-order valence-corrected chi connectivity index (χ2v) is 14.4. The molecule has 0 saturated carbocycles. The van der Waals surface area contributed by atoms with Gasteiger partial charge in [0.15, 0.2) is 0 Å². The minimum Gasteiger partial charge on any atom is -0.309 e. The first kappa shape index (κ1) is 30.6. The fraction of sp³-hybridized carbons (Fsp3) is 0.0189. The summed E-state index contributed by atoms with van der Waals surface area (Å²) in [6.07, 6.45) is 0. The van der Waals surface area contributed by atoms with Gasteiger partial charge >= 0.3 is 0 Å². The molecule has 0 fully saturated rings. The molecule has 0 radical (unpaired) electrons. The number of benzene rings is 9. The molecular weight excluding hydrogens is 651 g/mol. The van der Waals surface area contributed by atoms with Crippen LogP contribution in [0.4, 0.5) is 17.1 Å². The second-order valence-electron chi connectivity index (χ2n) is 14.4. The molecule has 2 aliphatic carbocycles. The summed E-state index contributed by atoms with van der Waals surface area (Å²) in [6.45, 7) is 0. The summed E-state index contributed by atoms with van der Waals surface area (Å²) >= 11 is 0. The summed E-state index contributed by atoms with van der Waals surface area (Å²) in [7, 11) is 0. The summed E-state index contributed by atoms with van der Waals surface area (Å²) in [6, 6.07) is 78.3. The van der Waals surface area contributed by atoms with Crippen molar-refractivity contribution < 1.29 is 0 Å². The molecule has 0 atom stereocenters. The van der Waals surface area contributed by atoms with E-state index in [0.29, 0.717) is 0 Å². The molecule has 252 valence electrons. The molecule has 0 heterocycles. The first-order valence-corrected chi connectivity index (χ1v) is 18.8. The Hall–Kier alpha value is -6.96. The Bertz CT molecular complexity index is 2830. The third kappa shape index (κ3) is 4.27. The zero-order valence-corrected chi connectivity index (χ0v) is 29.7. The van der Waals surface area contributed by atoms with Gasteiger partial charge in [-0.25, -0.2) is 0 Å². The third-order valence-corrected chi connectivity index (χ3v) is 11.6. The van der Waals surface area contributed by atoms with E-state index in [2.05, 4.69) is 217 Å². The summed E-state index contributed by atoms with van der Waals surface area (Å²) in [5, 5.41) is 2.52. The SMILES string of the molecule is c1ccc(-c2cccc(N(c3ccccc3)c3c4c(c5ccccc5c3-c3ccccc3)C3(c5ccccc5-c5ccccc53)c3ccccc3-4)c2)cc1. The van der Waals surface area contributed by atoms with Crippen LogP contribution >= 0.6 is 0 Å². The molecule has 0 unspecified atom stereocenters. The summed E-state index contributed by atoms with van der Waals surface area (Å²) in [5.74, 6) is 0. The van der Waals surface area contributed by atoms with Crippen LogP contribution in [-0.2, 0) is 5.41 Å².